The highest BCUT2D eigenvalue weighted by molar-refractivity contribution is 7.99. The fraction of sp³-hybridized carbons (Fsp3) is 0.500. The average Bonchev–Trinajstić information content (AvgIpc) is 2.37. The van der Waals surface area contributed by atoms with E-state index in [2.05, 4.69) is 5.32 Å². The largest absolute Gasteiger partial charge is 0.478 e. The van der Waals surface area contributed by atoms with Crippen LogP contribution in [0.25, 0.3) is 0 Å². The van der Waals surface area contributed by atoms with Crippen LogP contribution >= 0.6 is 11.8 Å². The molecule has 6 heteroatoms. The summed E-state index contributed by atoms with van der Waals surface area (Å²) in [5, 5.41) is 12.1. The number of amides is 1. The van der Waals surface area contributed by atoms with Crippen LogP contribution in [0.4, 0.5) is 4.79 Å². The molecule has 120 valence electrons. The predicted molar refractivity (Wildman–Crippen MR) is 85.6 cm³/mol. The first-order valence-electron chi connectivity index (χ1n) is 7.18. The lowest BCUT2D eigenvalue weighted by Crippen LogP contribution is -2.36. The summed E-state index contributed by atoms with van der Waals surface area (Å²) >= 11 is 1.64. The molecule has 1 aromatic carbocycles. The number of hydrogen-bond acceptors (Lipinski definition) is 4. The minimum Gasteiger partial charge on any atom is -0.478 e. The average molecular weight is 323 g/mol. The third kappa shape index (κ3) is 3.74. The van der Waals surface area contributed by atoms with Gasteiger partial charge in [0.05, 0.1) is 11.6 Å². The minimum absolute atomic E-state index is 0.146. The number of hydrogen-bond donors (Lipinski definition) is 2. The van der Waals surface area contributed by atoms with Gasteiger partial charge in [0.2, 0.25) is 0 Å². The molecule has 1 amide bonds. The number of carboxylic acids is 1. The van der Waals surface area contributed by atoms with E-state index in [0.717, 1.165) is 28.2 Å². The monoisotopic (exact) mass is 323 g/mol. The van der Waals surface area contributed by atoms with Gasteiger partial charge in [0.25, 0.3) is 0 Å². The maximum absolute atomic E-state index is 12.0. The lowest BCUT2D eigenvalue weighted by molar-refractivity contribution is 0.0500. The first-order valence-corrected chi connectivity index (χ1v) is 8.16. The number of fused-ring (bicyclic) bond motifs is 1. The van der Waals surface area contributed by atoms with Gasteiger partial charge in [-0.1, -0.05) is 6.07 Å². The quantitative estimate of drug-likeness (QED) is 0.867. The van der Waals surface area contributed by atoms with Crippen molar-refractivity contribution in [1.29, 1.82) is 0 Å². The van der Waals surface area contributed by atoms with Gasteiger partial charge in [-0.15, -0.1) is 11.8 Å². The summed E-state index contributed by atoms with van der Waals surface area (Å²) in [5.74, 6) is -0.0969. The van der Waals surface area contributed by atoms with Crippen LogP contribution < -0.4 is 5.32 Å². The molecule has 5 nitrogen and oxygen atoms in total. The van der Waals surface area contributed by atoms with Crippen molar-refractivity contribution in [3.63, 3.8) is 0 Å². The van der Waals surface area contributed by atoms with E-state index in [1.54, 1.807) is 23.9 Å². The van der Waals surface area contributed by atoms with Crippen LogP contribution in [0.1, 0.15) is 54.7 Å². The van der Waals surface area contributed by atoms with Crippen LogP contribution in [0.2, 0.25) is 0 Å². The molecule has 2 rings (SSSR count). The Labute approximate surface area is 134 Å². The Hall–Kier alpha value is -1.69. The predicted octanol–water partition coefficient (Wildman–Crippen LogP) is 3.75. The SMILES string of the molecule is Cc1c(C(=O)O)ccc2c1SCCC2NC(=O)OC(C)(C)C. The topological polar surface area (TPSA) is 75.6 Å². The summed E-state index contributed by atoms with van der Waals surface area (Å²) in [6.07, 6.45) is 0.346. The fourth-order valence-corrected chi connectivity index (χ4v) is 3.71. The number of carbonyl (C=O) groups excluding carboxylic acids is 1. The van der Waals surface area contributed by atoms with Crippen molar-refractivity contribution in [1.82, 2.24) is 5.32 Å². The van der Waals surface area contributed by atoms with Crippen molar-refractivity contribution in [3.8, 4) is 0 Å². The first-order chi connectivity index (χ1) is 10.2. The van der Waals surface area contributed by atoms with Crippen molar-refractivity contribution in [3.05, 3.63) is 28.8 Å². The molecule has 0 aromatic heterocycles. The van der Waals surface area contributed by atoms with Gasteiger partial charge in [-0.25, -0.2) is 9.59 Å². The van der Waals surface area contributed by atoms with E-state index < -0.39 is 17.7 Å². The molecule has 0 fully saturated rings. The normalized spacial score (nSPS) is 17.5. The van der Waals surface area contributed by atoms with Crippen molar-refractivity contribution < 1.29 is 19.4 Å². The maximum atomic E-state index is 12.0. The Morgan fingerprint density at radius 2 is 2.05 bits per heavy atom. The number of carboxylic acid groups (broad SMARTS) is 1. The molecule has 1 aromatic rings. The molecule has 0 saturated heterocycles. The summed E-state index contributed by atoms with van der Waals surface area (Å²) in [7, 11) is 0. The molecule has 0 aliphatic carbocycles. The lowest BCUT2D eigenvalue weighted by Gasteiger charge is -2.29. The molecule has 1 atom stereocenters. The van der Waals surface area contributed by atoms with E-state index in [1.807, 2.05) is 27.7 Å². The fourth-order valence-electron chi connectivity index (χ4n) is 2.44. The maximum Gasteiger partial charge on any atom is 0.408 e. The summed E-state index contributed by atoms with van der Waals surface area (Å²) in [5.41, 5.74) is 1.49. The molecular formula is C16H21NO4S. The van der Waals surface area contributed by atoms with E-state index in [-0.39, 0.29) is 6.04 Å². The summed E-state index contributed by atoms with van der Waals surface area (Å²) in [6.45, 7) is 7.27. The van der Waals surface area contributed by atoms with Gasteiger partial charge in [0.15, 0.2) is 0 Å². The standard InChI is InChI=1S/C16H21NO4S/c1-9-10(14(18)19)5-6-11-12(7-8-22-13(9)11)17-15(20)21-16(2,3)4/h5-6,12H,7-8H2,1-4H3,(H,17,20)(H,18,19). The number of carbonyl (C=O) groups is 2. The number of rotatable bonds is 2. The van der Waals surface area contributed by atoms with Gasteiger partial charge in [-0.05, 0) is 51.3 Å². The van der Waals surface area contributed by atoms with Gasteiger partial charge in [0.1, 0.15) is 5.60 Å². The zero-order valence-corrected chi connectivity index (χ0v) is 14.0. The third-order valence-electron chi connectivity index (χ3n) is 3.39. The molecule has 1 aliphatic rings. The van der Waals surface area contributed by atoms with E-state index in [0.29, 0.717) is 5.56 Å². The molecule has 0 saturated carbocycles. The van der Waals surface area contributed by atoms with Crippen LogP contribution in [-0.4, -0.2) is 28.5 Å². The van der Waals surface area contributed by atoms with Crippen LogP contribution in [0.5, 0.6) is 0 Å². The van der Waals surface area contributed by atoms with Gasteiger partial charge >= 0.3 is 12.1 Å². The second-order valence-corrected chi connectivity index (χ2v) is 7.40. The number of alkyl carbamates (subject to hydrolysis) is 1. The number of thioether (sulfide) groups is 1. The highest BCUT2D eigenvalue weighted by atomic mass is 32.2. The summed E-state index contributed by atoms with van der Waals surface area (Å²) in [6, 6.07) is 3.25. The lowest BCUT2D eigenvalue weighted by atomic mass is 9.98. The van der Waals surface area contributed by atoms with Gasteiger partial charge in [-0.2, -0.15) is 0 Å². The van der Waals surface area contributed by atoms with Crippen LogP contribution in [0.3, 0.4) is 0 Å². The molecule has 1 aliphatic heterocycles. The molecule has 1 unspecified atom stereocenters. The van der Waals surface area contributed by atoms with E-state index in [9.17, 15) is 14.7 Å². The number of benzene rings is 1. The summed E-state index contributed by atoms with van der Waals surface area (Å²) < 4.78 is 5.30. The summed E-state index contributed by atoms with van der Waals surface area (Å²) in [4.78, 5) is 24.1. The molecular weight excluding hydrogens is 302 g/mol. The second-order valence-electron chi connectivity index (χ2n) is 6.30. The number of ether oxygens (including phenoxy) is 1. The molecule has 0 radical (unpaired) electrons. The van der Waals surface area contributed by atoms with E-state index in [4.69, 9.17) is 4.74 Å². The zero-order valence-electron chi connectivity index (χ0n) is 13.2. The van der Waals surface area contributed by atoms with Crippen LogP contribution in [0, 0.1) is 6.92 Å². The molecule has 0 spiro atoms. The highest BCUT2D eigenvalue weighted by Gasteiger charge is 2.27. The Kier molecular flexibility index (Phi) is 4.70. The Morgan fingerprint density at radius 1 is 1.36 bits per heavy atom. The number of nitrogens with one attached hydrogen (secondary N) is 1. The Bertz CT molecular complexity index is 607. The van der Waals surface area contributed by atoms with E-state index >= 15 is 0 Å². The van der Waals surface area contributed by atoms with Gasteiger partial charge in [-0.3, -0.25) is 0 Å². The first kappa shape index (κ1) is 16.7. The zero-order chi connectivity index (χ0) is 16.5. The van der Waals surface area contributed by atoms with Crippen molar-refractivity contribution >= 4 is 23.8 Å². The third-order valence-corrected chi connectivity index (χ3v) is 4.66. The van der Waals surface area contributed by atoms with E-state index in [1.165, 1.54) is 0 Å². The molecule has 2 N–H and O–H groups in total. The van der Waals surface area contributed by atoms with Crippen molar-refractivity contribution in [2.24, 2.45) is 0 Å². The Morgan fingerprint density at radius 3 is 2.64 bits per heavy atom. The van der Waals surface area contributed by atoms with Crippen molar-refractivity contribution in [2.45, 2.75) is 50.7 Å². The van der Waals surface area contributed by atoms with Crippen LogP contribution in [0.15, 0.2) is 17.0 Å². The number of aromatic carboxylic acids is 1. The molecule has 1 heterocycles. The molecule has 0 bridgehead atoms. The van der Waals surface area contributed by atoms with Gasteiger partial charge < -0.3 is 15.2 Å². The highest BCUT2D eigenvalue weighted by Crippen LogP contribution is 2.39. The van der Waals surface area contributed by atoms with Gasteiger partial charge in [0, 0.05) is 10.6 Å². The van der Waals surface area contributed by atoms with Crippen molar-refractivity contribution in [2.75, 3.05) is 5.75 Å². The van der Waals surface area contributed by atoms with Crippen LogP contribution in [-0.2, 0) is 4.74 Å². The molecule has 22 heavy (non-hydrogen) atoms. The Balaban J connectivity index is 2.24. The minimum atomic E-state index is -0.928. The second kappa shape index (κ2) is 6.20. The smallest absolute Gasteiger partial charge is 0.408 e.